The summed E-state index contributed by atoms with van der Waals surface area (Å²) >= 11 is 3.40. The summed E-state index contributed by atoms with van der Waals surface area (Å²) in [4.78, 5) is 2.08. The number of nitrogens with zero attached hydrogens (tertiary/aromatic N) is 1. The van der Waals surface area contributed by atoms with E-state index >= 15 is 0 Å². The van der Waals surface area contributed by atoms with Gasteiger partial charge in [0.05, 0.1) is 0 Å². The van der Waals surface area contributed by atoms with Gasteiger partial charge in [0, 0.05) is 39.3 Å². The number of benzene rings is 1. The van der Waals surface area contributed by atoms with E-state index in [0.717, 1.165) is 33.5 Å². The molecule has 0 aliphatic carbocycles. The van der Waals surface area contributed by atoms with Crippen LogP contribution in [0.25, 0.3) is 5.70 Å². The van der Waals surface area contributed by atoms with Crippen molar-refractivity contribution < 1.29 is 37.1 Å². The Hall–Kier alpha value is -0.246. The molecule has 2 rings (SSSR count). The molecule has 0 saturated carbocycles. The van der Waals surface area contributed by atoms with E-state index in [1.165, 1.54) is 12.1 Å². The van der Waals surface area contributed by atoms with Crippen LogP contribution in [0.2, 0.25) is 0 Å². The van der Waals surface area contributed by atoms with Gasteiger partial charge in [-0.15, -0.1) is 11.6 Å². The van der Waals surface area contributed by atoms with Crippen LogP contribution in [0, 0.1) is 11.9 Å². The standard InChI is InChI=1S/C15H14BrFN.Y/c1-4-18-11(3)10(2)5-8-15(18)13-7-6-12(17)9-14(13)16;/h5-7,9H,3-4H2,1-2H3;/q-1;. The molecule has 1 nitrogen and oxygen atoms in total. The molecule has 1 heterocycles. The quantitative estimate of drug-likeness (QED) is 0.665. The maximum absolute atomic E-state index is 13.1. The minimum atomic E-state index is -0.254. The summed E-state index contributed by atoms with van der Waals surface area (Å²) in [7, 11) is 0. The van der Waals surface area contributed by atoms with E-state index in [4.69, 9.17) is 0 Å². The molecule has 19 heavy (non-hydrogen) atoms. The molecule has 0 atom stereocenters. The summed E-state index contributed by atoms with van der Waals surface area (Å²) in [6, 6.07) is 4.68. The Bertz CT molecular complexity index is 563. The van der Waals surface area contributed by atoms with Gasteiger partial charge < -0.3 is 4.90 Å². The number of rotatable bonds is 2. The van der Waals surface area contributed by atoms with Crippen molar-refractivity contribution in [2.24, 2.45) is 0 Å². The van der Waals surface area contributed by atoms with Crippen LogP contribution < -0.4 is 0 Å². The van der Waals surface area contributed by atoms with Crippen LogP contribution in [0.5, 0.6) is 0 Å². The van der Waals surface area contributed by atoms with Crippen molar-refractivity contribution in [3.63, 3.8) is 0 Å². The van der Waals surface area contributed by atoms with Crippen LogP contribution in [0.15, 0.2) is 46.6 Å². The second-order valence-corrected chi connectivity index (χ2v) is 4.99. The van der Waals surface area contributed by atoms with Crippen LogP contribution in [-0.2, 0) is 32.7 Å². The van der Waals surface area contributed by atoms with Gasteiger partial charge in [-0.3, -0.25) is 0 Å². The number of hydrogen-bond donors (Lipinski definition) is 0. The second kappa shape index (κ2) is 6.96. The van der Waals surface area contributed by atoms with Crippen LogP contribution in [0.4, 0.5) is 4.39 Å². The Morgan fingerprint density at radius 2 is 2.11 bits per heavy atom. The van der Waals surface area contributed by atoms with Crippen LogP contribution in [0.3, 0.4) is 0 Å². The number of halogens is 2. The maximum Gasteiger partial charge on any atom is 0.122 e. The molecular formula is C15H14BrFNY-. The number of likely N-dealkylation sites (N-methyl/N-ethyl adjacent to an activating group) is 1. The zero-order valence-corrected chi connectivity index (χ0v) is 15.4. The Labute approximate surface area is 147 Å². The molecular weight excluding hydrogens is 382 g/mol. The average molecular weight is 396 g/mol. The Balaban J connectivity index is 0.00000180. The monoisotopic (exact) mass is 395 g/mol. The predicted octanol–water partition coefficient (Wildman–Crippen LogP) is 4.53. The summed E-state index contributed by atoms with van der Waals surface area (Å²) in [5, 5.41) is 0. The minimum Gasteiger partial charge on any atom is -0.376 e. The van der Waals surface area contributed by atoms with E-state index in [0.29, 0.717) is 0 Å². The van der Waals surface area contributed by atoms with Crippen molar-refractivity contribution in [2.75, 3.05) is 6.54 Å². The van der Waals surface area contributed by atoms with Gasteiger partial charge in [-0.2, -0.15) is 12.2 Å². The normalized spacial score (nSPS) is 14.7. The van der Waals surface area contributed by atoms with E-state index in [2.05, 4.69) is 40.4 Å². The topological polar surface area (TPSA) is 3.24 Å². The molecule has 1 aliphatic rings. The molecule has 1 aliphatic heterocycles. The first-order chi connectivity index (χ1) is 8.54. The van der Waals surface area contributed by atoms with Crippen molar-refractivity contribution in [3.8, 4) is 0 Å². The molecule has 1 aromatic rings. The van der Waals surface area contributed by atoms with Gasteiger partial charge in [-0.05, 0) is 29.2 Å². The number of hydrogen-bond acceptors (Lipinski definition) is 1. The second-order valence-electron chi connectivity index (χ2n) is 4.14. The van der Waals surface area contributed by atoms with Gasteiger partial charge in [0.1, 0.15) is 5.82 Å². The van der Waals surface area contributed by atoms with Crippen molar-refractivity contribution >= 4 is 21.6 Å². The Kier molecular flexibility index (Phi) is 6.16. The smallest absolute Gasteiger partial charge is 0.122 e. The number of allylic oxidation sites excluding steroid dienone is 3. The molecule has 1 aromatic carbocycles. The third kappa shape index (κ3) is 3.45. The first kappa shape index (κ1) is 16.8. The third-order valence-electron chi connectivity index (χ3n) is 2.98. The van der Waals surface area contributed by atoms with E-state index < -0.39 is 0 Å². The first-order valence-corrected chi connectivity index (χ1v) is 6.56. The average Bonchev–Trinajstić information content (AvgIpc) is 2.33. The first-order valence-electron chi connectivity index (χ1n) is 5.77. The third-order valence-corrected chi connectivity index (χ3v) is 3.63. The summed E-state index contributed by atoms with van der Waals surface area (Å²) in [6.07, 6.45) is 5.16. The fourth-order valence-corrected chi connectivity index (χ4v) is 2.48. The predicted molar refractivity (Wildman–Crippen MR) is 76.0 cm³/mol. The molecule has 0 aromatic heterocycles. The SMILES string of the molecule is C=C1C(C)=C[C-]=C(c2ccc(F)cc2Br)N1CC.[Y]. The molecule has 0 unspecified atom stereocenters. The zero-order valence-electron chi connectivity index (χ0n) is 11.0. The fraction of sp³-hybridized carbons (Fsp3) is 0.200. The Morgan fingerprint density at radius 3 is 2.68 bits per heavy atom. The van der Waals surface area contributed by atoms with Crippen LogP contribution in [-0.4, -0.2) is 11.4 Å². The van der Waals surface area contributed by atoms with Crippen molar-refractivity contribution in [1.82, 2.24) is 4.90 Å². The molecule has 0 saturated heterocycles. The minimum absolute atomic E-state index is 0. The van der Waals surface area contributed by atoms with Crippen molar-refractivity contribution in [1.29, 1.82) is 0 Å². The maximum atomic E-state index is 13.1. The van der Waals surface area contributed by atoms with Gasteiger partial charge >= 0.3 is 0 Å². The summed E-state index contributed by atoms with van der Waals surface area (Å²) < 4.78 is 13.9. The van der Waals surface area contributed by atoms with E-state index in [1.807, 2.05) is 13.0 Å². The van der Waals surface area contributed by atoms with E-state index in [1.54, 1.807) is 6.07 Å². The van der Waals surface area contributed by atoms with Gasteiger partial charge in [-0.25, -0.2) is 4.39 Å². The van der Waals surface area contributed by atoms with E-state index in [9.17, 15) is 4.39 Å². The van der Waals surface area contributed by atoms with Gasteiger partial charge in [-0.1, -0.05) is 40.7 Å². The van der Waals surface area contributed by atoms with Gasteiger partial charge in [0.2, 0.25) is 0 Å². The zero-order chi connectivity index (χ0) is 13.3. The molecule has 97 valence electrons. The molecule has 1 radical (unpaired) electrons. The molecule has 0 N–H and O–H groups in total. The molecule has 4 heteroatoms. The van der Waals surface area contributed by atoms with Crippen molar-refractivity contribution in [3.05, 3.63) is 64.1 Å². The van der Waals surface area contributed by atoms with Crippen LogP contribution >= 0.6 is 15.9 Å². The molecule has 0 bridgehead atoms. The fourth-order valence-electron chi connectivity index (χ4n) is 1.94. The summed E-state index contributed by atoms with van der Waals surface area (Å²) in [6.45, 7) is 8.95. The summed E-state index contributed by atoms with van der Waals surface area (Å²) in [5.74, 6) is -0.254. The van der Waals surface area contributed by atoms with Crippen LogP contribution in [0.1, 0.15) is 19.4 Å². The molecule has 0 amide bonds. The molecule has 0 spiro atoms. The largest absolute Gasteiger partial charge is 0.376 e. The van der Waals surface area contributed by atoms with E-state index in [-0.39, 0.29) is 38.5 Å². The summed E-state index contributed by atoms with van der Waals surface area (Å²) in [5.41, 5.74) is 3.89. The van der Waals surface area contributed by atoms with Gasteiger partial charge in [0.15, 0.2) is 0 Å². The molecule has 0 fully saturated rings. The Morgan fingerprint density at radius 1 is 1.42 bits per heavy atom. The van der Waals surface area contributed by atoms with Crippen molar-refractivity contribution in [2.45, 2.75) is 13.8 Å². The van der Waals surface area contributed by atoms with Gasteiger partial charge in [0.25, 0.3) is 0 Å².